The molecule has 17 heavy (non-hydrogen) atoms. The summed E-state index contributed by atoms with van der Waals surface area (Å²) in [6, 6.07) is 7.75. The molecule has 1 fully saturated rings. The van der Waals surface area contributed by atoms with Crippen molar-refractivity contribution in [2.75, 3.05) is 19.7 Å². The van der Waals surface area contributed by atoms with E-state index in [2.05, 4.69) is 11.0 Å². The second kappa shape index (κ2) is 5.82. The molecule has 0 aromatic heterocycles. The van der Waals surface area contributed by atoms with Crippen molar-refractivity contribution >= 4 is 5.97 Å². The predicted molar refractivity (Wildman–Crippen MR) is 66.9 cm³/mol. The maximum absolute atomic E-state index is 11.6. The monoisotopic (exact) mass is 233 g/mol. The van der Waals surface area contributed by atoms with Gasteiger partial charge in [-0.3, -0.25) is 4.90 Å². The molecule has 0 radical (unpaired) electrons. The first-order valence-electron chi connectivity index (χ1n) is 6.28. The second-order valence-corrected chi connectivity index (χ2v) is 4.40. The number of carbonyl (C=O) groups is 1. The SMILES string of the molecule is CCOC(=O)c1cccc(CN2CCCC2)c1. The van der Waals surface area contributed by atoms with Gasteiger partial charge in [-0.1, -0.05) is 12.1 Å². The highest BCUT2D eigenvalue weighted by molar-refractivity contribution is 5.89. The van der Waals surface area contributed by atoms with E-state index in [-0.39, 0.29) is 5.97 Å². The molecule has 0 unspecified atom stereocenters. The molecule has 3 heteroatoms. The molecule has 1 aliphatic rings. The highest BCUT2D eigenvalue weighted by Crippen LogP contribution is 2.14. The molecule has 3 nitrogen and oxygen atoms in total. The first-order chi connectivity index (χ1) is 8.29. The fourth-order valence-corrected chi connectivity index (χ4v) is 2.21. The first-order valence-corrected chi connectivity index (χ1v) is 6.28. The van der Waals surface area contributed by atoms with Crippen molar-refractivity contribution in [3.8, 4) is 0 Å². The number of likely N-dealkylation sites (tertiary alicyclic amines) is 1. The number of hydrogen-bond acceptors (Lipinski definition) is 3. The summed E-state index contributed by atoms with van der Waals surface area (Å²) in [6.07, 6.45) is 2.58. The highest BCUT2D eigenvalue weighted by Gasteiger charge is 2.13. The molecule has 1 aromatic rings. The lowest BCUT2D eigenvalue weighted by molar-refractivity contribution is 0.0526. The van der Waals surface area contributed by atoms with Crippen LogP contribution in [-0.4, -0.2) is 30.6 Å². The summed E-state index contributed by atoms with van der Waals surface area (Å²) in [6.45, 7) is 5.53. The van der Waals surface area contributed by atoms with E-state index in [4.69, 9.17) is 4.74 Å². The summed E-state index contributed by atoms with van der Waals surface area (Å²) in [5.41, 5.74) is 1.85. The van der Waals surface area contributed by atoms with E-state index in [1.54, 1.807) is 0 Å². The molecule has 0 spiro atoms. The summed E-state index contributed by atoms with van der Waals surface area (Å²) in [7, 11) is 0. The Bertz CT molecular complexity index is 384. The van der Waals surface area contributed by atoms with Gasteiger partial charge in [-0.2, -0.15) is 0 Å². The minimum atomic E-state index is -0.226. The lowest BCUT2D eigenvalue weighted by Gasteiger charge is -2.14. The van der Waals surface area contributed by atoms with Crippen LogP contribution in [0.1, 0.15) is 35.7 Å². The van der Waals surface area contributed by atoms with Crippen LogP contribution < -0.4 is 0 Å². The van der Waals surface area contributed by atoms with Crippen molar-refractivity contribution in [2.45, 2.75) is 26.3 Å². The molecular weight excluding hydrogens is 214 g/mol. The summed E-state index contributed by atoms with van der Waals surface area (Å²) in [4.78, 5) is 14.0. The molecule has 1 saturated heterocycles. The zero-order valence-corrected chi connectivity index (χ0v) is 10.3. The Labute approximate surface area is 102 Å². The van der Waals surface area contributed by atoms with E-state index in [9.17, 15) is 4.79 Å². The zero-order valence-electron chi connectivity index (χ0n) is 10.3. The van der Waals surface area contributed by atoms with Gasteiger partial charge in [-0.05, 0) is 50.6 Å². The maximum atomic E-state index is 11.6. The van der Waals surface area contributed by atoms with Crippen molar-refractivity contribution in [3.05, 3.63) is 35.4 Å². The number of ether oxygens (including phenoxy) is 1. The Morgan fingerprint density at radius 2 is 2.12 bits per heavy atom. The number of esters is 1. The quantitative estimate of drug-likeness (QED) is 0.748. The van der Waals surface area contributed by atoms with Crippen LogP contribution in [0.15, 0.2) is 24.3 Å². The Balaban J connectivity index is 2.02. The van der Waals surface area contributed by atoms with Crippen LogP contribution in [0.3, 0.4) is 0 Å². The lowest BCUT2D eigenvalue weighted by Crippen LogP contribution is -2.18. The standard InChI is InChI=1S/C14H19NO2/c1-2-17-14(16)13-7-5-6-12(10-13)11-15-8-3-4-9-15/h5-7,10H,2-4,8-9,11H2,1H3. The van der Waals surface area contributed by atoms with Gasteiger partial charge in [0.2, 0.25) is 0 Å². The largest absolute Gasteiger partial charge is 0.462 e. The van der Waals surface area contributed by atoms with Gasteiger partial charge in [0.1, 0.15) is 0 Å². The summed E-state index contributed by atoms with van der Waals surface area (Å²) in [5.74, 6) is -0.226. The van der Waals surface area contributed by atoms with Crippen molar-refractivity contribution in [1.82, 2.24) is 4.90 Å². The fourth-order valence-electron chi connectivity index (χ4n) is 2.21. The zero-order chi connectivity index (χ0) is 12.1. The van der Waals surface area contributed by atoms with Crippen molar-refractivity contribution in [1.29, 1.82) is 0 Å². The third-order valence-electron chi connectivity index (χ3n) is 3.04. The summed E-state index contributed by atoms with van der Waals surface area (Å²) in [5, 5.41) is 0. The van der Waals surface area contributed by atoms with E-state index < -0.39 is 0 Å². The van der Waals surface area contributed by atoms with Crippen LogP contribution in [0.2, 0.25) is 0 Å². The summed E-state index contributed by atoms with van der Waals surface area (Å²) < 4.78 is 5.00. The fraction of sp³-hybridized carbons (Fsp3) is 0.500. The Kier molecular flexibility index (Phi) is 4.15. The van der Waals surface area contributed by atoms with Crippen molar-refractivity contribution in [3.63, 3.8) is 0 Å². The van der Waals surface area contributed by atoms with Gasteiger partial charge in [-0.25, -0.2) is 4.79 Å². The molecule has 0 atom stereocenters. The van der Waals surface area contributed by atoms with Crippen LogP contribution in [0, 0.1) is 0 Å². The van der Waals surface area contributed by atoms with Crippen molar-refractivity contribution < 1.29 is 9.53 Å². The molecular formula is C14H19NO2. The van der Waals surface area contributed by atoms with Crippen LogP contribution in [0.4, 0.5) is 0 Å². The molecule has 2 rings (SSSR count). The molecule has 0 N–H and O–H groups in total. The average Bonchev–Trinajstić information content (AvgIpc) is 2.82. The van der Waals surface area contributed by atoms with Crippen LogP contribution in [0.25, 0.3) is 0 Å². The molecule has 92 valence electrons. The van der Waals surface area contributed by atoms with Gasteiger partial charge in [0.05, 0.1) is 12.2 Å². The highest BCUT2D eigenvalue weighted by atomic mass is 16.5. The second-order valence-electron chi connectivity index (χ2n) is 4.40. The van der Waals surface area contributed by atoms with E-state index in [1.165, 1.54) is 31.5 Å². The van der Waals surface area contributed by atoms with E-state index >= 15 is 0 Å². The van der Waals surface area contributed by atoms with Gasteiger partial charge >= 0.3 is 5.97 Å². The van der Waals surface area contributed by atoms with E-state index in [0.717, 1.165) is 6.54 Å². The number of benzene rings is 1. The van der Waals surface area contributed by atoms with Gasteiger partial charge in [0.15, 0.2) is 0 Å². The Morgan fingerprint density at radius 3 is 2.82 bits per heavy atom. The van der Waals surface area contributed by atoms with E-state index in [1.807, 2.05) is 25.1 Å². The van der Waals surface area contributed by atoms with Crippen LogP contribution in [0.5, 0.6) is 0 Å². The molecule has 0 aliphatic carbocycles. The molecule has 0 amide bonds. The lowest BCUT2D eigenvalue weighted by atomic mass is 10.1. The summed E-state index contributed by atoms with van der Waals surface area (Å²) >= 11 is 0. The number of nitrogens with zero attached hydrogens (tertiary/aromatic N) is 1. The van der Waals surface area contributed by atoms with Gasteiger partial charge in [0, 0.05) is 6.54 Å². The molecule has 1 aliphatic heterocycles. The van der Waals surface area contributed by atoms with Gasteiger partial charge < -0.3 is 4.74 Å². The van der Waals surface area contributed by atoms with Crippen molar-refractivity contribution in [2.24, 2.45) is 0 Å². The van der Waals surface area contributed by atoms with Gasteiger partial charge in [0.25, 0.3) is 0 Å². The maximum Gasteiger partial charge on any atom is 0.338 e. The molecule has 1 aromatic carbocycles. The molecule has 1 heterocycles. The topological polar surface area (TPSA) is 29.5 Å². The first kappa shape index (κ1) is 12.1. The number of rotatable bonds is 4. The minimum absolute atomic E-state index is 0.226. The minimum Gasteiger partial charge on any atom is -0.462 e. The van der Waals surface area contributed by atoms with Gasteiger partial charge in [-0.15, -0.1) is 0 Å². The third kappa shape index (κ3) is 3.30. The third-order valence-corrected chi connectivity index (χ3v) is 3.04. The number of hydrogen-bond donors (Lipinski definition) is 0. The van der Waals surface area contributed by atoms with Crippen LogP contribution >= 0.6 is 0 Å². The smallest absolute Gasteiger partial charge is 0.338 e. The predicted octanol–water partition coefficient (Wildman–Crippen LogP) is 2.46. The van der Waals surface area contributed by atoms with Crippen LogP contribution in [-0.2, 0) is 11.3 Å². The number of carbonyl (C=O) groups excluding carboxylic acids is 1. The Hall–Kier alpha value is -1.35. The molecule has 0 saturated carbocycles. The normalized spacial score (nSPS) is 16.1. The Morgan fingerprint density at radius 1 is 1.35 bits per heavy atom. The van der Waals surface area contributed by atoms with E-state index in [0.29, 0.717) is 12.2 Å². The average molecular weight is 233 g/mol. The molecule has 0 bridgehead atoms.